The summed E-state index contributed by atoms with van der Waals surface area (Å²) in [6.45, 7) is 4.35. The summed E-state index contributed by atoms with van der Waals surface area (Å²) in [4.78, 5) is 49.8. The molecule has 4 aliphatic rings. The van der Waals surface area contributed by atoms with Gasteiger partial charge in [-0.2, -0.15) is 20.5 Å². The van der Waals surface area contributed by atoms with E-state index < -0.39 is 5.97 Å². The van der Waals surface area contributed by atoms with Crippen molar-refractivity contribution in [2.75, 3.05) is 50.1 Å². The first kappa shape index (κ1) is 45.7. The van der Waals surface area contributed by atoms with E-state index in [9.17, 15) is 20.1 Å². The zero-order valence-electron chi connectivity index (χ0n) is 34.4. The highest BCUT2D eigenvalue weighted by atomic mass is 32.2. The minimum absolute atomic E-state index is 0.181. The van der Waals surface area contributed by atoms with Crippen LogP contribution in [0.3, 0.4) is 0 Å². The molecule has 1 N–H and O–H groups in total. The predicted octanol–water partition coefficient (Wildman–Crippen LogP) is 7.76. The molecule has 0 radical (unpaired) electrons. The lowest BCUT2D eigenvalue weighted by Gasteiger charge is -2.31. The number of aliphatic carboxylic acids is 1. The van der Waals surface area contributed by atoms with Gasteiger partial charge in [0.1, 0.15) is 20.8 Å². The molecule has 14 nitrogen and oxygen atoms in total. The number of rotatable bonds is 8. The van der Waals surface area contributed by atoms with E-state index in [-0.39, 0.29) is 35.0 Å². The van der Waals surface area contributed by atoms with Crippen LogP contribution in [0.5, 0.6) is 0 Å². The van der Waals surface area contributed by atoms with Crippen LogP contribution in [0.25, 0.3) is 12.2 Å². The zero-order chi connectivity index (χ0) is 44.3. The SMILES string of the molecule is CC(=O)O.CN1C(=O)/C(=C\c2nc(C#N)c(N3CCC(Cc4ccccc4)CC3)o2)SC1=S.CN1C(=O)/C(=C\c2nc(C#N)c(N3CCC(Cc4ccccc4)CC3)o2)SC1=S. The predicted molar refractivity (Wildman–Crippen MR) is 248 cm³/mol. The van der Waals surface area contributed by atoms with Crippen LogP contribution in [-0.2, 0) is 27.2 Å². The Kier molecular flexibility index (Phi) is 15.7. The van der Waals surface area contributed by atoms with Gasteiger partial charge in [0.25, 0.3) is 17.8 Å². The van der Waals surface area contributed by atoms with Crippen molar-refractivity contribution in [2.24, 2.45) is 11.8 Å². The van der Waals surface area contributed by atoms with Crippen molar-refractivity contribution in [3.05, 3.63) is 105 Å². The second-order valence-electron chi connectivity index (χ2n) is 14.9. The molecule has 6 heterocycles. The summed E-state index contributed by atoms with van der Waals surface area (Å²) in [6.07, 6.45) is 9.40. The lowest BCUT2D eigenvalue weighted by Crippen LogP contribution is -2.34. The van der Waals surface area contributed by atoms with Crippen LogP contribution >= 0.6 is 48.0 Å². The summed E-state index contributed by atoms with van der Waals surface area (Å²) in [5.41, 5.74) is 3.23. The van der Waals surface area contributed by atoms with Crippen LogP contribution in [-0.4, -0.2) is 91.6 Å². The summed E-state index contributed by atoms with van der Waals surface area (Å²) in [5, 5.41) is 26.4. The smallest absolute Gasteiger partial charge is 0.300 e. The third-order valence-corrected chi connectivity index (χ3v) is 13.5. The Balaban J connectivity index is 0.000000191. The highest BCUT2D eigenvalue weighted by Crippen LogP contribution is 2.35. The van der Waals surface area contributed by atoms with Crippen molar-refractivity contribution in [1.82, 2.24) is 19.8 Å². The number of carboxylic acids is 1. The molecule has 0 spiro atoms. The molecule has 0 saturated carbocycles. The summed E-state index contributed by atoms with van der Waals surface area (Å²) in [5.74, 6) is 1.54. The number of hydrogen-bond acceptors (Lipinski definition) is 15. The van der Waals surface area contributed by atoms with Crippen molar-refractivity contribution in [2.45, 2.75) is 45.4 Å². The Labute approximate surface area is 379 Å². The number of anilines is 2. The van der Waals surface area contributed by atoms with Gasteiger partial charge in [-0.15, -0.1) is 0 Å². The maximum atomic E-state index is 12.2. The largest absolute Gasteiger partial charge is 0.481 e. The van der Waals surface area contributed by atoms with Crippen molar-refractivity contribution in [1.29, 1.82) is 10.5 Å². The lowest BCUT2D eigenvalue weighted by molar-refractivity contribution is -0.134. The maximum absolute atomic E-state index is 12.2. The number of benzene rings is 2. The van der Waals surface area contributed by atoms with Gasteiger partial charge in [0.15, 0.2) is 0 Å². The average Bonchev–Trinajstić information content (AvgIpc) is 4.01. The van der Waals surface area contributed by atoms with Gasteiger partial charge in [-0.1, -0.05) is 109 Å². The molecule has 0 unspecified atom stereocenters. The Morgan fingerprint density at radius 3 is 1.35 bits per heavy atom. The first-order chi connectivity index (χ1) is 29.8. The van der Waals surface area contributed by atoms with E-state index in [0.717, 1.165) is 71.6 Å². The minimum atomic E-state index is -0.833. The summed E-state index contributed by atoms with van der Waals surface area (Å²) >= 11 is 12.7. The Hall–Kier alpha value is -5.79. The highest BCUT2D eigenvalue weighted by molar-refractivity contribution is 8.27. The number of carbonyl (C=O) groups is 3. The zero-order valence-corrected chi connectivity index (χ0v) is 37.6. The summed E-state index contributed by atoms with van der Waals surface area (Å²) < 4.78 is 12.7. The number of likely N-dealkylation sites (N-methyl/N-ethyl adjacent to an activating group) is 2. The number of amides is 2. The van der Waals surface area contributed by atoms with E-state index in [4.69, 9.17) is 43.2 Å². The molecule has 0 atom stereocenters. The van der Waals surface area contributed by atoms with Crippen LogP contribution < -0.4 is 9.80 Å². The first-order valence-corrected chi connectivity index (χ1v) is 22.3. The molecule has 320 valence electrons. The molecule has 18 heteroatoms. The lowest BCUT2D eigenvalue weighted by atomic mass is 9.90. The second-order valence-corrected chi connectivity index (χ2v) is 18.2. The van der Waals surface area contributed by atoms with Crippen molar-refractivity contribution >= 4 is 98.3 Å². The molecule has 4 saturated heterocycles. The minimum Gasteiger partial charge on any atom is -0.481 e. The quantitative estimate of drug-likeness (QED) is 0.134. The third-order valence-electron chi connectivity index (χ3n) is 10.5. The normalized spacial score (nSPS) is 18.4. The fraction of sp³-hybridized carbons (Fsp3) is 0.341. The van der Waals surface area contributed by atoms with Gasteiger partial charge in [0.05, 0.1) is 9.81 Å². The van der Waals surface area contributed by atoms with E-state index >= 15 is 0 Å². The molecule has 4 aliphatic heterocycles. The summed E-state index contributed by atoms with van der Waals surface area (Å²) in [7, 11) is 3.28. The van der Waals surface area contributed by atoms with Gasteiger partial charge in [-0.05, 0) is 61.5 Å². The fourth-order valence-electron chi connectivity index (χ4n) is 7.24. The number of carboxylic acid groups (broad SMARTS) is 1. The van der Waals surface area contributed by atoms with Crippen LogP contribution in [0.1, 0.15) is 66.9 Å². The van der Waals surface area contributed by atoms with Crippen LogP contribution in [0, 0.1) is 34.5 Å². The van der Waals surface area contributed by atoms with Gasteiger partial charge in [0.2, 0.25) is 34.9 Å². The average molecular weight is 909 g/mol. The standard InChI is InChI=1S/2C21H20N4O2S2.C2H4O2/c2*1-24-19(26)17(29-21(24)28)12-18-23-16(13-22)20(27-18)25-9-7-15(8-10-25)11-14-5-3-2-4-6-14;1-2(3)4/h2*2-6,12,15H,7-11H2,1H3;1H3,(H,3,4)/b2*17-12+;. The van der Waals surface area contributed by atoms with E-state index in [1.807, 2.05) is 12.1 Å². The summed E-state index contributed by atoms with van der Waals surface area (Å²) in [6, 6.07) is 25.3. The molecule has 2 aromatic heterocycles. The Bertz CT molecular complexity index is 2270. The maximum Gasteiger partial charge on any atom is 0.300 e. The number of nitrogens with zero attached hydrogens (tertiary/aromatic N) is 8. The molecular formula is C44H44N8O6S4. The van der Waals surface area contributed by atoms with Gasteiger partial charge >= 0.3 is 0 Å². The number of oxazole rings is 2. The first-order valence-electron chi connectivity index (χ1n) is 19.9. The van der Waals surface area contributed by atoms with Crippen molar-refractivity contribution in [3.63, 3.8) is 0 Å². The van der Waals surface area contributed by atoms with Crippen LogP contribution in [0.4, 0.5) is 11.8 Å². The Morgan fingerprint density at radius 2 is 1.06 bits per heavy atom. The van der Waals surface area contributed by atoms with E-state index in [1.54, 1.807) is 26.2 Å². The number of thiocarbonyl (C=S) groups is 2. The van der Waals surface area contributed by atoms with Crippen molar-refractivity contribution < 1.29 is 28.3 Å². The van der Waals surface area contributed by atoms with Crippen molar-refractivity contribution in [3.8, 4) is 12.1 Å². The molecule has 0 bridgehead atoms. The number of nitriles is 2. The monoisotopic (exact) mass is 908 g/mol. The third kappa shape index (κ3) is 11.8. The highest BCUT2D eigenvalue weighted by Gasteiger charge is 2.32. The molecule has 2 amide bonds. The number of piperidine rings is 2. The Morgan fingerprint density at radius 1 is 0.726 bits per heavy atom. The molecule has 2 aromatic carbocycles. The van der Waals surface area contributed by atoms with Gasteiger partial charge in [0, 0.05) is 59.4 Å². The number of thioether (sulfide) groups is 2. The van der Waals surface area contributed by atoms with Crippen LogP contribution in [0.2, 0.25) is 0 Å². The van der Waals surface area contributed by atoms with Crippen LogP contribution in [0.15, 0.2) is 79.3 Å². The molecule has 4 fully saturated rings. The molecule has 8 rings (SSSR count). The number of hydrogen-bond donors (Lipinski definition) is 1. The van der Waals surface area contributed by atoms with E-state index in [2.05, 4.69) is 80.4 Å². The van der Waals surface area contributed by atoms with Gasteiger partial charge in [-0.25, -0.2) is 0 Å². The molecule has 0 aliphatic carbocycles. The topological polar surface area (TPSA) is 184 Å². The number of carbonyl (C=O) groups excluding carboxylic acids is 2. The van der Waals surface area contributed by atoms with Gasteiger partial charge < -0.3 is 23.7 Å². The molecule has 4 aromatic rings. The molecular weight excluding hydrogens is 865 g/mol. The van der Waals surface area contributed by atoms with E-state index in [0.29, 0.717) is 42.1 Å². The van der Waals surface area contributed by atoms with Gasteiger partial charge in [-0.3, -0.25) is 24.2 Å². The fourth-order valence-corrected chi connectivity index (χ4v) is 9.53. The molecule has 62 heavy (non-hydrogen) atoms. The second kappa shape index (κ2) is 21.3. The van der Waals surface area contributed by atoms with E-state index in [1.165, 1.54) is 44.5 Å². The number of aromatic nitrogens is 2.